The highest BCUT2D eigenvalue weighted by molar-refractivity contribution is 8.00. The van der Waals surface area contributed by atoms with Gasteiger partial charge in [-0.1, -0.05) is 31.5 Å². The lowest BCUT2D eigenvalue weighted by molar-refractivity contribution is -0.122. The van der Waals surface area contributed by atoms with E-state index in [2.05, 4.69) is 24.4 Å². The predicted octanol–water partition coefficient (Wildman–Crippen LogP) is 4.00. The highest BCUT2D eigenvalue weighted by atomic mass is 35.5. The van der Waals surface area contributed by atoms with Gasteiger partial charge in [-0.3, -0.25) is 4.79 Å². The van der Waals surface area contributed by atoms with E-state index in [1.54, 1.807) is 11.8 Å². The molecule has 1 aromatic carbocycles. The van der Waals surface area contributed by atoms with E-state index in [-0.39, 0.29) is 23.6 Å². The smallest absolute Gasteiger partial charge is 0.233 e. The molecule has 3 unspecified atom stereocenters. The molecule has 2 fully saturated rings. The third-order valence-electron chi connectivity index (χ3n) is 5.37. The quantitative estimate of drug-likeness (QED) is 0.772. The van der Waals surface area contributed by atoms with E-state index in [1.165, 1.54) is 24.2 Å². The van der Waals surface area contributed by atoms with Gasteiger partial charge >= 0.3 is 0 Å². The second-order valence-electron chi connectivity index (χ2n) is 7.04. The molecule has 134 valence electrons. The zero-order valence-corrected chi connectivity index (χ0v) is 16.0. The number of benzene rings is 1. The Morgan fingerprint density at radius 2 is 1.88 bits per heavy atom. The largest absolute Gasteiger partial charge is 0.352 e. The van der Waals surface area contributed by atoms with Gasteiger partial charge in [0.2, 0.25) is 5.91 Å². The molecule has 3 N–H and O–H groups in total. The van der Waals surface area contributed by atoms with Gasteiger partial charge < -0.3 is 11.1 Å². The fraction of sp³-hybridized carbons (Fsp3) is 0.632. The van der Waals surface area contributed by atoms with Gasteiger partial charge in [-0.25, -0.2) is 0 Å². The molecular formula is C19H29ClN2OS. The van der Waals surface area contributed by atoms with Gasteiger partial charge in [0.05, 0.1) is 5.25 Å². The van der Waals surface area contributed by atoms with E-state index < -0.39 is 0 Å². The van der Waals surface area contributed by atoms with E-state index in [4.69, 9.17) is 5.73 Å². The van der Waals surface area contributed by atoms with E-state index in [0.717, 1.165) is 19.3 Å². The van der Waals surface area contributed by atoms with Crippen LogP contribution in [0.2, 0.25) is 0 Å². The van der Waals surface area contributed by atoms with Crippen LogP contribution in [-0.2, 0) is 4.79 Å². The van der Waals surface area contributed by atoms with Crippen molar-refractivity contribution >= 4 is 30.1 Å². The Labute approximate surface area is 155 Å². The van der Waals surface area contributed by atoms with Crippen LogP contribution in [0.1, 0.15) is 45.4 Å². The second kappa shape index (κ2) is 9.12. The summed E-state index contributed by atoms with van der Waals surface area (Å²) in [6.45, 7) is 2.10. The summed E-state index contributed by atoms with van der Waals surface area (Å²) < 4.78 is 0. The molecule has 0 spiro atoms. The van der Waals surface area contributed by atoms with Crippen LogP contribution in [0, 0.1) is 11.8 Å². The SMILES string of the molecule is CCC(Sc1ccccc1)C(=O)NC1C2CCCC1CC(N)C2.Cl. The molecule has 2 aliphatic rings. The van der Waals surface area contributed by atoms with Crippen molar-refractivity contribution < 1.29 is 4.79 Å². The van der Waals surface area contributed by atoms with Crippen LogP contribution < -0.4 is 11.1 Å². The van der Waals surface area contributed by atoms with Crippen LogP contribution in [0.15, 0.2) is 35.2 Å². The molecule has 1 aromatic rings. The Bertz CT molecular complexity index is 513. The van der Waals surface area contributed by atoms with Crippen LogP contribution in [0.3, 0.4) is 0 Å². The number of thioether (sulfide) groups is 1. The van der Waals surface area contributed by atoms with Crippen LogP contribution >= 0.6 is 24.2 Å². The normalized spacial score (nSPS) is 30.1. The summed E-state index contributed by atoms with van der Waals surface area (Å²) in [5.74, 6) is 1.38. The summed E-state index contributed by atoms with van der Waals surface area (Å²) in [6.07, 6.45) is 6.74. The average Bonchev–Trinajstić information content (AvgIpc) is 2.54. The molecule has 0 aliphatic heterocycles. The monoisotopic (exact) mass is 368 g/mol. The Morgan fingerprint density at radius 1 is 1.25 bits per heavy atom. The van der Waals surface area contributed by atoms with Gasteiger partial charge in [-0.15, -0.1) is 24.2 Å². The van der Waals surface area contributed by atoms with Crippen molar-refractivity contribution in [2.24, 2.45) is 17.6 Å². The summed E-state index contributed by atoms with van der Waals surface area (Å²) in [6, 6.07) is 10.9. The maximum absolute atomic E-state index is 12.8. The summed E-state index contributed by atoms with van der Waals surface area (Å²) in [7, 11) is 0. The Morgan fingerprint density at radius 3 is 2.46 bits per heavy atom. The van der Waals surface area contributed by atoms with Crippen molar-refractivity contribution in [3.05, 3.63) is 30.3 Å². The minimum Gasteiger partial charge on any atom is -0.352 e. The van der Waals surface area contributed by atoms with Gasteiger partial charge in [-0.2, -0.15) is 0 Å². The maximum atomic E-state index is 12.8. The summed E-state index contributed by atoms with van der Waals surface area (Å²) in [5.41, 5.74) is 6.19. The molecule has 3 rings (SSSR count). The fourth-order valence-corrected chi connectivity index (χ4v) is 5.25. The zero-order chi connectivity index (χ0) is 16.2. The van der Waals surface area contributed by atoms with Crippen molar-refractivity contribution in [1.82, 2.24) is 5.32 Å². The van der Waals surface area contributed by atoms with Gasteiger partial charge in [0.1, 0.15) is 0 Å². The standard InChI is InChI=1S/C19H28N2OS.ClH/c1-2-17(23-16-9-4-3-5-10-16)19(22)21-18-13-7-6-8-14(18)12-15(20)11-13;/h3-5,9-10,13-15,17-18H,2,6-8,11-12,20H2,1H3,(H,21,22);1H. The molecule has 5 heteroatoms. The molecule has 24 heavy (non-hydrogen) atoms. The maximum Gasteiger partial charge on any atom is 0.233 e. The minimum atomic E-state index is -0.00581. The molecule has 2 bridgehead atoms. The number of nitrogens with one attached hydrogen (secondary N) is 1. The van der Waals surface area contributed by atoms with Gasteiger partial charge in [0.15, 0.2) is 0 Å². The number of halogens is 1. The van der Waals surface area contributed by atoms with E-state index in [0.29, 0.717) is 23.9 Å². The number of carbonyl (C=O) groups excluding carboxylic acids is 1. The first kappa shape index (κ1) is 19.6. The molecule has 0 saturated heterocycles. The number of carbonyl (C=O) groups is 1. The summed E-state index contributed by atoms with van der Waals surface area (Å²) >= 11 is 1.68. The lowest BCUT2D eigenvalue weighted by Gasteiger charge is -2.45. The Hall–Kier alpha value is -0.710. The zero-order valence-electron chi connectivity index (χ0n) is 14.3. The highest BCUT2D eigenvalue weighted by Gasteiger charge is 2.40. The third kappa shape index (κ3) is 4.68. The predicted molar refractivity (Wildman–Crippen MR) is 104 cm³/mol. The third-order valence-corrected chi connectivity index (χ3v) is 6.75. The molecule has 3 atom stereocenters. The molecule has 2 saturated carbocycles. The van der Waals surface area contributed by atoms with E-state index in [1.807, 2.05) is 18.2 Å². The first-order valence-electron chi connectivity index (χ1n) is 8.95. The molecule has 0 aromatic heterocycles. The molecule has 3 nitrogen and oxygen atoms in total. The van der Waals surface area contributed by atoms with Crippen molar-refractivity contribution in [2.45, 2.75) is 67.7 Å². The van der Waals surface area contributed by atoms with Gasteiger partial charge in [-0.05, 0) is 56.1 Å². The van der Waals surface area contributed by atoms with Crippen LogP contribution in [-0.4, -0.2) is 23.2 Å². The Balaban J connectivity index is 0.00000208. The fourth-order valence-electron chi connectivity index (χ4n) is 4.27. The molecule has 0 radical (unpaired) electrons. The number of hydrogen-bond acceptors (Lipinski definition) is 3. The van der Waals surface area contributed by atoms with Crippen molar-refractivity contribution in [3.8, 4) is 0 Å². The van der Waals surface area contributed by atoms with E-state index in [9.17, 15) is 4.79 Å². The van der Waals surface area contributed by atoms with E-state index >= 15 is 0 Å². The average molecular weight is 369 g/mol. The molecule has 0 heterocycles. The van der Waals surface area contributed by atoms with Crippen molar-refractivity contribution in [3.63, 3.8) is 0 Å². The van der Waals surface area contributed by atoms with Crippen LogP contribution in [0.5, 0.6) is 0 Å². The van der Waals surface area contributed by atoms with Crippen molar-refractivity contribution in [2.75, 3.05) is 0 Å². The summed E-state index contributed by atoms with van der Waals surface area (Å²) in [5, 5.41) is 3.39. The Kier molecular flexibility index (Phi) is 7.45. The topological polar surface area (TPSA) is 55.1 Å². The van der Waals surface area contributed by atoms with Crippen LogP contribution in [0.4, 0.5) is 0 Å². The number of amides is 1. The molecule has 2 aliphatic carbocycles. The number of rotatable bonds is 5. The minimum absolute atomic E-state index is 0. The lowest BCUT2D eigenvalue weighted by Crippen LogP contribution is -2.55. The number of nitrogens with two attached hydrogens (primary N) is 1. The number of hydrogen-bond donors (Lipinski definition) is 2. The highest BCUT2D eigenvalue weighted by Crippen LogP contribution is 2.40. The molecule has 1 amide bonds. The second-order valence-corrected chi connectivity index (χ2v) is 8.32. The molecular weight excluding hydrogens is 340 g/mol. The van der Waals surface area contributed by atoms with Crippen LogP contribution in [0.25, 0.3) is 0 Å². The first-order valence-corrected chi connectivity index (χ1v) is 9.83. The number of fused-ring (bicyclic) bond motifs is 2. The van der Waals surface area contributed by atoms with Crippen molar-refractivity contribution in [1.29, 1.82) is 0 Å². The summed E-state index contributed by atoms with van der Waals surface area (Å²) in [4.78, 5) is 14.0. The van der Waals surface area contributed by atoms with Gasteiger partial charge in [0.25, 0.3) is 0 Å². The van der Waals surface area contributed by atoms with Gasteiger partial charge in [0, 0.05) is 17.0 Å². The first-order chi connectivity index (χ1) is 11.2. The lowest BCUT2D eigenvalue weighted by atomic mass is 9.67.